The van der Waals surface area contributed by atoms with Crippen molar-refractivity contribution in [1.29, 1.82) is 5.26 Å². The molecule has 0 amide bonds. The molecule has 0 bridgehead atoms. The van der Waals surface area contributed by atoms with Crippen molar-refractivity contribution in [2.45, 2.75) is 32.6 Å². The van der Waals surface area contributed by atoms with Crippen LogP contribution >= 0.6 is 0 Å². The van der Waals surface area contributed by atoms with E-state index in [1.807, 2.05) is 19.9 Å². The standard InChI is InChI=1S/C18H18N4O3/c1-18(2)7-12-16(14(23)8-18)15(11(9-19)17(20)21-12)10-5-3-4-6-13(10)22(24)25/h3-6,15,21H,7-8,20H2,1-2H3. The van der Waals surface area contributed by atoms with Crippen molar-refractivity contribution >= 4 is 11.5 Å². The maximum Gasteiger partial charge on any atom is 0.273 e. The largest absolute Gasteiger partial charge is 0.384 e. The fraction of sp³-hybridized carbons (Fsp3) is 0.333. The third kappa shape index (κ3) is 2.76. The lowest BCUT2D eigenvalue weighted by Crippen LogP contribution is -2.39. The van der Waals surface area contributed by atoms with Crippen LogP contribution in [-0.4, -0.2) is 10.7 Å². The van der Waals surface area contributed by atoms with E-state index in [0.717, 1.165) is 0 Å². The SMILES string of the molecule is CC1(C)CC(=O)C2=C(C1)NC(N)=C(C#N)C2c1ccccc1[N+](=O)[O-]. The van der Waals surface area contributed by atoms with Crippen molar-refractivity contribution in [3.63, 3.8) is 0 Å². The van der Waals surface area contributed by atoms with Gasteiger partial charge >= 0.3 is 0 Å². The third-order valence-electron chi connectivity index (χ3n) is 4.64. The number of rotatable bonds is 2. The van der Waals surface area contributed by atoms with Gasteiger partial charge in [0.1, 0.15) is 5.82 Å². The number of nitro groups is 1. The fourth-order valence-electron chi connectivity index (χ4n) is 3.64. The molecule has 0 saturated heterocycles. The van der Waals surface area contributed by atoms with Crippen molar-refractivity contribution in [3.8, 4) is 6.07 Å². The Labute approximate surface area is 145 Å². The number of allylic oxidation sites excluding steroid dienone is 3. The third-order valence-corrected chi connectivity index (χ3v) is 4.64. The van der Waals surface area contributed by atoms with Crippen molar-refractivity contribution in [3.05, 3.63) is 62.6 Å². The van der Waals surface area contributed by atoms with E-state index in [2.05, 4.69) is 5.32 Å². The molecule has 2 aliphatic rings. The molecule has 0 fully saturated rings. The van der Waals surface area contributed by atoms with E-state index in [1.54, 1.807) is 18.2 Å². The Hall–Kier alpha value is -3.14. The van der Waals surface area contributed by atoms with Gasteiger partial charge in [-0.2, -0.15) is 5.26 Å². The van der Waals surface area contributed by atoms with E-state index < -0.39 is 10.8 Å². The van der Waals surface area contributed by atoms with E-state index in [-0.39, 0.29) is 28.3 Å². The summed E-state index contributed by atoms with van der Waals surface area (Å²) in [5, 5.41) is 24.0. The number of hydrogen-bond donors (Lipinski definition) is 2. The Balaban J connectivity index is 2.26. The Morgan fingerprint density at radius 1 is 1.36 bits per heavy atom. The lowest BCUT2D eigenvalue weighted by atomic mass is 9.69. The molecule has 1 aliphatic carbocycles. The van der Waals surface area contributed by atoms with Crippen LogP contribution in [0.1, 0.15) is 38.2 Å². The summed E-state index contributed by atoms with van der Waals surface area (Å²) in [6.45, 7) is 3.96. The van der Waals surface area contributed by atoms with E-state index in [9.17, 15) is 20.2 Å². The van der Waals surface area contributed by atoms with Crippen molar-refractivity contribution in [2.24, 2.45) is 11.1 Å². The lowest BCUT2D eigenvalue weighted by Gasteiger charge is -2.38. The van der Waals surface area contributed by atoms with E-state index in [4.69, 9.17) is 5.73 Å². The summed E-state index contributed by atoms with van der Waals surface area (Å²) >= 11 is 0. The molecule has 1 aromatic carbocycles. The van der Waals surface area contributed by atoms with Gasteiger partial charge in [-0.15, -0.1) is 0 Å². The summed E-state index contributed by atoms with van der Waals surface area (Å²) in [5.74, 6) is -0.775. The van der Waals surface area contributed by atoms with Crippen LogP contribution in [0.3, 0.4) is 0 Å². The number of carbonyl (C=O) groups excluding carboxylic acids is 1. The number of nitrogens with two attached hydrogens (primary N) is 1. The minimum atomic E-state index is -0.813. The summed E-state index contributed by atoms with van der Waals surface area (Å²) in [5.41, 5.74) is 7.18. The van der Waals surface area contributed by atoms with Gasteiger partial charge in [-0.25, -0.2) is 0 Å². The average Bonchev–Trinajstić information content (AvgIpc) is 2.52. The van der Waals surface area contributed by atoms with Crippen LogP contribution in [0.5, 0.6) is 0 Å². The molecule has 1 heterocycles. The Morgan fingerprint density at radius 3 is 2.68 bits per heavy atom. The highest BCUT2D eigenvalue weighted by Crippen LogP contribution is 2.47. The Bertz CT molecular complexity index is 890. The van der Waals surface area contributed by atoms with Crippen molar-refractivity contribution in [1.82, 2.24) is 5.32 Å². The molecule has 1 atom stereocenters. The van der Waals surface area contributed by atoms with Crippen LogP contribution < -0.4 is 11.1 Å². The van der Waals surface area contributed by atoms with E-state index in [0.29, 0.717) is 29.7 Å². The van der Waals surface area contributed by atoms with Gasteiger partial charge in [0.25, 0.3) is 5.69 Å². The molecule has 7 heteroatoms. The normalized spacial score (nSPS) is 22.1. The smallest absolute Gasteiger partial charge is 0.273 e. The zero-order chi connectivity index (χ0) is 18.4. The number of ketones is 1. The van der Waals surface area contributed by atoms with Gasteiger partial charge in [-0.3, -0.25) is 14.9 Å². The van der Waals surface area contributed by atoms with Gasteiger partial charge in [-0.1, -0.05) is 32.0 Å². The predicted octanol–water partition coefficient (Wildman–Crippen LogP) is 2.62. The van der Waals surface area contributed by atoms with Gasteiger partial charge in [0, 0.05) is 29.3 Å². The zero-order valence-electron chi connectivity index (χ0n) is 14.0. The summed E-state index contributed by atoms with van der Waals surface area (Å²) in [7, 11) is 0. The van der Waals surface area contributed by atoms with Gasteiger partial charge in [0.15, 0.2) is 5.78 Å². The molecule has 0 saturated carbocycles. The predicted molar refractivity (Wildman–Crippen MR) is 90.8 cm³/mol. The van der Waals surface area contributed by atoms with Gasteiger partial charge < -0.3 is 11.1 Å². The number of hydrogen-bond acceptors (Lipinski definition) is 6. The highest BCUT2D eigenvalue weighted by Gasteiger charge is 2.43. The maximum atomic E-state index is 12.8. The molecule has 1 aliphatic heterocycles. The molecule has 7 nitrogen and oxygen atoms in total. The first-order chi connectivity index (χ1) is 11.7. The second-order valence-electron chi connectivity index (χ2n) is 7.15. The number of benzene rings is 1. The number of nitrogens with zero attached hydrogens (tertiary/aromatic N) is 2. The number of nitrogens with one attached hydrogen (secondary N) is 1. The van der Waals surface area contributed by atoms with Crippen LogP contribution in [0.4, 0.5) is 5.69 Å². The minimum Gasteiger partial charge on any atom is -0.384 e. The number of para-hydroxylation sites is 1. The number of Topliss-reactive ketones (excluding diaryl/α,β-unsaturated/α-hetero) is 1. The van der Waals surface area contributed by atoms with Gasteiger partial charge in [0.2, 0.25) is 0 Å². The Morgan fingerprint density at radius 2 is 2.04 bits per heavy atom. The summed E-state index contributed by atoms with van der Waals surface area (Å²) in [6, 6.07) is 8.20. The molecule has 128 valence electrons. The van der Waals surface area contributed by atoms with Crippen LogP contribution in [0.2, 0.25) is 0 Å². The number of nitriles is 1. The number of nitro benzene ring substituents is 1. The lowest BCUT2D eigenvalue weighted by molar-refractivity contribution is -0.385. The van der Waals surface area contributed by atoms with Crippen molar-refractivity contribution in [2.75, 3.05) is 0 Å². The molecule has 0 spiro atoms. The maximum absolute atomic E-state index is 12.8. The zero-order valence-corrected chi connectivity index (χ0v) is 14.0. The highest BCUT2D eigenvalue weighted by atomic mass is 16.6. The van der Waals surface area contributed by atoms with Gasteiger partial charge in [-0.05, 0) is 11.8 Å². The molecule has 0 radical (unpaired) electrons. The molecule has 3 N–H and O–H groups in total. The van der Waals surface area contributed by atoms with Crippen molar-refractivity contribution < 1.29 is 9.72 Å². The van der Waals surface area contributed by atoms with Crippen LogP contribution in [0.25, 0.3) is 0 Å². The number of dihydropyridines is 1. The summed E-state index contributed by atoms with van der Waals surface area (Å²) in [6.07, 6.45) is 0.911. The number of carbonyl (C=O) groups is 1. The monoisotopic (exact) mass is 338 g/mol. The first-order valence-electron chi connectivity index (χ1n) is 7.91. The molecule has 0 aromatic heterocycles. The second-order valence-corrected chi connectivity index (χ2v) is 7.15. The van der Waals surface area contributed by atoms with E-state index in [1.165, 1.54) is 6.07 Å². The van der Waals surface area contributed by atoms with Crippen LogP contribution in [-0.2, 0) is 4.79 Å². The highest BCUT2D eigenvalue weighted by molar-refractivity contribution is 6.00. The average molecular weight is 338 g/mol. The van der Waals surface area contributed by atoms with E-state index >= 15 is 0 Å². The van der Waals surface area contributed by atoms with Gasteiger partial charge in [0.05, 0.1) is 22.5 Å². The topological polar surface area (TPSA) is 122 Å². The first-order valence-corrected chi connectivity index (χ1v) is 7.91. The molecule has 1 aromatic rings. The molecular formula is C18H18N4O3. The summed E-state index contributed by atoms with van der Waals surface area (Å²) in [4.78, 5) is 23.8. The quantitative estimate of drug-likeness (QED) is 0.631. The fourth-order valence-corrected chi connectivity index (χ4v) is 3.64. The minimum absolute atomic E-state index is 0.109. The van der Waals surface area contributed by atoms with Crippen LogP contribution in [0.15, 0.2) is 46.9 Å². The first kappa shape index (κ1) is 16.7. The molecule has 3 rings (SSSR count). The second kappa shape index (κ2) is 5.74. The Kier molecular flexibility index (Phi) is 3.84. The summed E-state index contributed by atoms with van der Waals surface area (Å²) < 4.78 is 0. The molecule has 1 unspecified atom stereocenters. The molecule has 25 heavy (non-hydrogen) atoms. The van der Waals surface area contributed by atoms with Crippen LogP contribution in [0, 0.1) is 26.9 Å². The molecular weight excluding hydrogens is 320 g/mol.